The first kappa shape index (κ1) is 20.6. The summed E-state index contributed by atoms with van der Waals surface area (Å²) in [5, 5.41) is 7.33. The second kappa shape index (κ2) is 9.45. The molecule has 3 aromatic rings. The van der Waals surface area contributed by atoms with Crippen LogP contribution in [0.3, 0.4) is 0 Å². The third-order valence-corrected chi connectivity index (χ3v) is 6.57. The summed E-state index contributed by atoms with van der Waals surface area (Å²) >= 11 is 7.32. The van der Waals surface area contributed by atoms with Crippen LogP contribution in [0.25, 0.3) is 11.3 Å². The van der Waals surface area contributed by atoms with E-state index in [1.807, 2.05) is 18.2 Å². The summed E-state index contributed by atoms with van der Waals surface area (Å²) in [5.41, 5.74) is 4.44. The molecule has 1 aliphatic heterocycles. The highest BCUT2D eigenvalue weighted by molar-refractivity contribution is 7.80. The molecule has 0 spiro atoms. The van der Waals surface area contributed by atoms with Crippen LogP contribution in [-0.4, -0.2) is 48.3 Å². The second-order valence-electron chi connectivity index (χ2n) is 7.20. The minimum absolute atomic E-state index is 0.787. The number of hydrogen-bond donors (Lipinski definition) is 1. The van der Waals surface area contributed by atoms with Crippen molar-refractivity contribution in [2.75, 3.05) is 43.5 Å². The topological polar surface area (TPSA) is 40.6 Å². The first-order chi connectivity index (χ1) is 14.7. The second-order valence-corrected chi connectivity index (χ2v) is 8.43. The number of nitrogens with zero attached hydrogens (tertiary/aromatic N) is 3. The Morgan fingerprint density at radius 3 is 2.60 bits per heavy atom. The number of thiocarbonyl (C=S) groups is 1. The molecule has 4 rings (SSSR count). The number of piperazine rings is 1. The third-order valence-electron chi connectivity index (χ3n) is 5.31. The van der Waals surface area contributed by atoms with Crippen molar-refractivity contribution in [2.24, 2.45) is 0 Å². The Balaban J connectivity index is 1.34. The minimum atomic E-state index is 0.787. The molecule has 0 atom stereocenters. The number of thiazole rings is 1. The average molecular weight is 439 g/mol. The fraction of sp³-hybridized carbons (Fsp3) is 0.304. The summed E-state index contributed by atoms with van der Waals surface area (Å²) in [7, 11) is 1.69. The van der Waals surface area contributed by atoms with Crippen LogP contribution in [0, 0.1) is 0 Å². The summed E-state index contributed by atoms with van der Waals surface area (Å²) in [6, 6.07) is 16.5. The van der Waals surface area contributed by atoms with Crippen molar-refractivity contribution < 1.29 is 4.74 Å². The zero-order valence-electron chi connectivity index (χ0n) is 17.3. The summed E-state index contributed by atoms with van der Waals surface area (Å²) in [5.74, 6) is 0.848. The van der Waals surface area contributed by atoms with Gasteiger partial charge < -0.3 is 19.9 Å². The number of aryl methyl sites for hydroxylation is 1. The highest BCUT2D eigenvalue weighted by Crippen LogP contribution is 2.30. The first-order valence-corrected chi connectivity index (χ1v) is 11.4. The lowest BCUT2D eigenvalue weighted by molar-refractivity contribution is 0.390. The predicted octanol–water partition coefficient (Wildman–Crippen LogP) is 4.90. The van der Waals surface area contributed by atoms with Gasteiger partial charge in [-0.2, -0.15) is 0 Å². The SMILES string of the molecule is CCc1ccc(NC(=S)N2CCN(c3nc(-c4cccc(OC)c4)cs3)CC2)cc1. The Morgan fingerprint density at radius 2 is 1.90 bits per heavy atom. The third kappa shape index (κ3) is 4.74. The summed E-state index contributed by atoms with van der Waals surface area (Å²) in [6.45, 7) is 5.73. The van der Waals surface area contributed by atoms with Gasteiger partial charge in [0.1, 0.15) is 5.75 Å². The molecule has 30 heavy (non-hydrogen) atoms. The lowest BCUT2D eigenvalue weighted by Gasteiger charge is -2.36. The van der Waals surface area contributed by atoms with E-state index in [9.17, 15) is 0 Å². The van der Waals surface area contributed by atoms with Crippen LogP contribution in [-0.2, 0) is 6.42 Å². The molecule has 0 amide bonds. The smallest absolute Gasteiger partial charge is 0.185 e. The average Bonchev–Trinajstić information content (AvgIpc) is 3.30. The maximum absolute atomic E-state index is 5.64. The van der Waals surface area contributed by atoms with E-state index < -0.39 is 0 Å². The monoisotopic (exact) mass is 438 g/mol. The van der Waals surface area contributed by atoms with E-state index in [4.69, 9.17) is 21.9 Å². The van der Waals surface area contributed by atoms with Crippen LogP contribution in [0.5, 0.6) is 5.75 Å². The number of methoxy groups -OCH3 is 1. The highest BCUT2D eigenvalue weighted by Gasteiger charge is 2.21. The van der Waals surface area contributed by atoms with Crippen LogP contribution in [0.15, 0.2) is 53.9 Å². The molecule has 0 radical (unpaired) electrons. The van der Waals surface area contributed by atoms with Gasteiger partial charge in [-0.15, -0.1) is 11.3 Å². The van der Waals surface area contributed by atoms with Gasteiger partial charge in [-0.05, 0) is 48.5 Å². The van der Waals surface area contributed by atoms with Crippen molar-refractivity contribution in [1.82, 2.24) is 9.88 Å². The number of ether oxygens (including phenoxy) is 1. The predicted molar refractivity (Wildman–Crippen MR) is 130 cm³/mol. The van der Waals surface area contributed by atoms with Crippen molar-refractivity contribution in [1.29, 1.82) is 0 Å². The number of anilines is 2. The van der Waals surface area contributed by atoms with Crippen molar-refractivity contribution in [3.8, 4) is 17.0 Å². The zero-order chi connectivity index (χ0) is 20.9. The van der Waals surface area contributed by atoms with Crippen LogP contribution >= 0.6 is 23.6 Å². The minimum Gasteiger partial charge on any atom is -0.497 e. The van der Waals surface area contributed by atoms with Crippen LogP contribution in [0.1, 0.15) is 12.5 Å². The molecule has 1 saturated heterocycles. The molecule has 1 aliphatic rings. The Morgan fingerprint density at radius 1 is 1.13 bits per heavy atom. The van der Waals surface area contributed by atoms with E-state index in [-0.39, 0.29) is 0 Å². The molecule has 0 bridgehead atoms. The zero-order valence-corrected chi connectivity index (χ0v) is 18.9. The van der Waals surface area contributed by atoms with Gasteiger partial charge in [0.2, 0.25) is 0 Å². The largest absolute Gasteiger partial charge is 0.497 e. The van der Waals surface area contributed by atoms with Gasteiger partial charge in [0.25, 0.3) is 0 Å². The quantitative estimate of drug-likeness (QED) is 0.572. The lowest BCUT2D eigenvalue weighted by atomic mass is 10.1. The summed E-state index contributed by atoms with van der Waals surface area (Å²) < 4.78 is 5.33. The number of benzene rings is 2. The highest BCUT2D eigenvalue weighted by atomic mass is 32.1. The van der Waals surface area contributed by atoms with Crippen LogP contribution in [0.4, 0.5) is 10.8 Å². The molecule has 0 unspecified atom stereocenters. The number of hydrogen-bond acceptors (Lipinski definition) is 5. The molecule has 5 nitrogen and oxygen atoms in total. The summed E-state index contributed by atoms with van der Waals surface area (Å²) in [6.07, 6.45) is 1.04. The van der Waals surface area contributed by atoms with Crippen molar-refractivity contribution in [2.45, 2.75) is 13.3 Å². The van der Waals surface area contributed by atoms with Crippen molar-refractivity contribution in [3.05, 3.63) is 59.5 Å². The molecule has 0 aliphatic carbocycles. The van der Waals surface area contributed by atoms with Gasteiger partial charge in [-0.1, -0.05) is 31.2 Å². The van der Waals surface area contributed by atoms with Crippen LogP contribution < -0.4 is 15.0 Å². The Hall–Kier alpha value is -2.64. The van der Waals surface area contributed by atoms with E-state index in [2.05, 4.69) is 57.8 Å². The van der Waals surface area contributed by atoms with E-state index >= 15 is 0 Å². The Labute approximate surface area is 187 Å². The van der Waals surface area contributed by atoms with Gasteiger partial charge >= 0.3 is 0 Å². The van der Waals surface area contributed by atoms with E-state index in [0.717, 1.165) is 65.5 Å². The fourth-order valence-electron chi connectivity index (χ4n) is 3.45. The van der Waals surface area contributed by atoms with E-state index in [1.165, 1.54) is 5.56 Å². The molecule has 7 heteroatoms. The van der Waals surface area contributed by atoms with Gasteiger partial charge in [0.05, 0.1) is 12.8 Å². The van der Waals surface area contributed by atoms with Gasteiger partial charge in [-0.3, -0.25) is 0 Å². The molecule has 2 aromatic carbocycles. The van der Waals surface area contributed by atoms with Crippen LogP contribution in [0.2, 0.25) is 0 Å². The van der Waals surface area contributed by atoms with E-state index in [0.29, 0.717) is 0 Å². The molecule has 156 valence electrons. The Kier molecular flexibility index (Phi) is 6.50. The maximum Gasteiger partial charge on any atom is 0.185 e. The molecule has 2 heterocycles. The van der Waals surface area contributed by atoms with E-state index in [1.54, 1.807) is 18.4 Å². The number of rotatable bonds is 5. The number of nitrogens with one attached hydrogen (secondary N) is 1. The maximum atomic E-state index is 5.64. The summed E-state index contributed by atoms with van der Waals surface area (Å²) in [4.78, 5) is 9.42. The Bertz CT molecular complexity index is 994. The standard InChI is InChI=1S/C23H26N4OS2/c1-3-17-7-9-19(10-8-17)24-22(29)26-11-13-27(14-12-26)23-25-21(16-30-23)18-5-4-6-20(15-18)28-2/h4-10,15-16H,3,11-14H2,1-2H3,(H,24,29). The molecular weight excluding hydrogens is 412 g/mol. The molecule has 0 saturated carbocycles. The molecule has 1 aromatic heterocycles. The van der Waals surface area contributed by atoms with Gasteiger partial charge in [-0.25, -0.2) is 4.98 Å². The van der Waals surface area contributed by atoms with Gasteiger partial charge in [0, 0.05) is 42.8 Å². The first-order valence-electron chi connectivity index (χ1n) is 10.2. The van der Waals surface area contributed by atoms with Crippen molar-refractivity contribution >= 4 is 39.5 Å². The molecule has 1 N–H and O–H groups in total. The van der Waals surface area contributed by atoms with Crippen molar-refractivity contribution in [3.63, 3.8) is 0 Å². The fourth-order valence-corrected chi connectivity index (χ4v) is 4.64. The normalized spacial score (nSPS) is 13.9. The molecular formula is C23H26N4OS2. The molecule has 1 fully saturated rings. The number of aromatic nitrogens is 1. The lowest BCUT2D eigenvalue weighted by Crippen LogP contribution is -2.50. The van der Waals surface area contributed by atoms with Gasteiger partial charge in [0.15, 0.2) is 10.2 Å².